The summed E-state index contributed by atoms with van der Waals surface area (Å²) >= 11 is 0. The Morgan fingerprint density at radius 2 is 2.30 bits per heavy atom. The highest BCUT2D eigenvalue weighted by molar-refractivity contribution is 6.06. The Morgan fingerprint density at radius 1 is 1.50 bits per heavy atom. The first-order valence-corrected chi connectivity index (χ1v) is 6.79. The van der Waals surface area contributed by atoms with Gasteiger partial charge >= 0.3 is 0 Å². The number of carbonyl (C=O) groups excluding carboxylic acids is 1. The molecule has 2 aromatic heterocycles. The predicted octanol–water partition coefficient (Wildman–Crippen LogP) is 1.27. The first-order chi connectivity index (χ1) is 9.58. The van der Waals surface area contributed by atoms with Crippen LogP contribution in [0.5, 0.6) is 0 Å². The van der Waals surface area contributed by atoms with Crippen LogP contribution >= 0.6 is 0 Å². The normalized spacial score (nSPS) is 18.6. The summed E-state index contributed by atoms with van der Waals surface area (Å²) in [4.78, 5) is 18.8. The molecule has 0 radical (unpaired) electrons. The molecule has 20 heavy (non-hydrogen) atoms. The van der Waals surface area contributed by atoms with E-state index in [-0.39, 0.29) is 11.9 Å². The Kier molecular flexibility index (Phi) is 3.17. The number of amides is 1. The van der Waals surface area contributed by atoms with Gasteiger partial charge in [0.15, 0.2) is 0 Å². The van der Waals surface area contributed by atoms with Crippen molar-refractivity contribution in [3.05, 3.63) is 23.0 Å². The molecule has 6 heteroatoms. The highest BCUT2D eigenvalue weighted by Crippen LogP contribution is 2.24. The molecule has 6 nitrogen and oxygen atoms in total. The van der Waals surface area contributed by atoms with Gasteiger partial charge in [-0.2, -0.15) is 0 Å². The molecule has 0 aliphatic carbocycles. The quantitative estimate of drug-likeness (QED) is 0.893. The van der Waals surface area contributed by atoms with Crippen molar-refractivity contribution in [2.24, 2.45) is 0 Å². The average Bonchev–Trinajstić information content (AvgIpc) is 3.06. The molecule has 1 N–H and O–H groups in total. The fourth-order valence-corrected chi connectivity index (χ4v) is 2.71. The summed E-state index contributed by atoms with van der Waals surface area (Å²) in [6.07, 6.45) is 0.984. The summed E-state index contributed by atoms with van der Waals surface area (Å²) in [5, 5.41) is 7.91. The highest BCUT2D eigenvalue weighted by Gasteiger charge is 2.26. The number of fused-ring (bicyclic) bond motifs is 1. The highest BCUT2D eigenvalue weighted by atomic mass is 16.5. The molecule has 1 saturated heterocycles. The summed E-state index contributed by atoms with van der Waals surface area (Å²) in [7, 11) is 1.85. The molecule has 1 unspecified atom stereocenters. The molecular formula is C14H18N4O2. The number of carbonyl (C=O) groups is 1. The fraction of sp³-hybridized carbons (Fsp3) is 0.500. The lowest BCUT2D eigenvalue weighted by atomic mass is 10.1. The van der Waals surface area contributed by atoms with Crippen LogP contribution in [0, 0.1) is 13.8 Å². The van der Waals surface area contributed by atoms with Crippen LogP contribution < -0.4 is 5.32 Å². The summed E-state index contributed by atoms with van der Waals surface area (Å²) in [5.41, 5.74) is 2.52. The molecule has 106 valence electrons. The largest absolute Gasteiger partial charge is 0.337 e. The summed E-state index contributed by atoms with van der Waals surface area (Å²) in [5.74, 6) is 0.000463. The Hall–Kier alpha value is -1.95. The lowest BCUT2D eigenvalue weighted by Crippen LogP contribution is -2.38. The van der Waals surface area contributed by atoms with E-state index in [1.807, 2.05) is 27.0 Å². The summed E-state index contributed by atoms with van der Waals surface area (Å²) < 4.78 is 5.18. The third-order valence-corrected chi connectivity index (χ3v) is 3.88. The van der Waals surface area contributed by atoms with Crippen LogP contribution in [-0.2, 0) is 0 Å². The van der Waals surface area contributed by atoms with Gasteiger partial charge in [0, 0.05) is 25.3 Å². The molecule has 1 aliphatic rings. The number of aryl methyl sites for hydroxylation is 2. The lowest BCUT2D eigenvalue weighted by Gasteiger charge is -2.24. The Bertz CT molecular complexity index is 658. The van der Waals surface area contributed by atoms with Gasteiger partial charge in [-0.05, 0) is 32.9 Å². The number of hydrogen-bond acceptors (Lipinski definition) is 5. The second-order valence-electron chi connectivity index (χ2n) is 5.32. The van der Waals surface area contributed by atoms with E-state index in [0.717, 1.165) is 30.6 Å². The molecule has 1 aliphatic heterocycles. The first-order valence-electron chi connectivity index (χ1n) is 6.79. The van der Waals surface area contributed by atoms with E-state index < -0.39 is 0 Å². The number of rotatable bonds is 2. The SMILES string of the molecule is Cc1cc(C(=O)N(C)C2CCNC2)c2c(C)noc2n1. The predicted molar refractivity (Wildman–Crippen MR) is 74.6 cm³/mol. The number of nitrogens with one attached hydrogen (secondary N) is 1. The van der Waals surface area contributed by atoms with Gasteiger partial charge in [0.1, 0.15) is 0 Å². The zero-order valence-corrected chi connectivity index (χ0v) is 11.9. The zero-order valence-electron chi connectivity index (χ0n) is 11.9. The second-order valence-corrected chi connectivity index (χ2v) is 5.32. The van der Waals surface area contributed by atoms with Crippen molar-refractivity contribution in [1.29, 1.82) is 0 Å². The third kappa shape index (κ3) is 2.06. The van der Waals surface area contributed by atoms with Gasteiger partial charge < -0.3 is 14.7 Å². The number of nitrogens with zero attached hydrogens (tertiary/aromatic N) is 3. The Balaban J connectivity index is 2.04. The minimum atomic E-state index is 0.000463. The van der Waals surface area contributed by atoms with Crippen LogP contribution in [0.2, 0.25) is 0 Å². The van der Waals surface area contributed by atoms with Crippen LogP contribution in [-0.4, -0.2) is 47.1 Å². The number of likely N-dealkylation sites (N-methyl/N-ethyl adjacent to an activating group) is 1. The molecule has 0 bridgehead atoms. The van der Waals surface area contributed by atoms with Crippen LogP contribution in [0.4, 0.5) is 0 Å². The number of aromatic nitrogens is 2. The molecular weight excluding hydrogens is 256 g/mol. The first kappa shape index (κ1) is 13.1. The van der Waals surface area contributed by atoms with Gasteiger partial charge in [0.2, 0.25) is 0 Å². The molecule has 3 heterocycles. The van der Waals surface area contributed by atoms with Crippen LogP contribution in [0.15, 0.2) is 10.6 Å². The van der Waals surface area contributed by atoms with Crippen molar-refractivity contribution in [1.82, 2.24) is 20.4 Å². The van der Waals surface area contributed by atoms with Gasteiger partial charge in [-0.1, -0.05) is 5.16 Å². The van der Waals surface area contributed by atoms with Crippen molar-refractivity contribution >= 4 is 17.0 Å². The van der Waals surface area contributed by atoms with E-state index in [1.54, 1.807) is 4.90 Å². The molecule has 0 spiro atoms. The molecule has 1 amide bonds. The summed E-state index contributed by atoms with van der Waals surface area (Å²) in [6.45, 7) is 5.49. The second kappa shape index (κ2) is 4.86. The Labute approximate surface area is 117 Å². The van der Waals surface area contributed by atoms with Crippen molar-refractivity contribution in [2.75, 3.05) is 20.1 Å². The molecule has 0 aromatic carbocycles. The fourth-order valence-electron chi connectivity index (χ4n) is 2.71. The molecule has 2 aromatic rings. The average molecular weight is 274 g/mol. The van der Waals surface area contributed by atoms with Crippen LogP contribution in [0.1, 0.15) is 28.2 Å². The van der Waals surface area contributed by atoms with E-state index in [4.69, 9.17) is 4.52 Å². The van der Waals surface area contributed by atoms with E-state index in [2.05, 4.69) is 15.5 Å². The number of pyridine rings is 1. The van der Waals surface area contributed by atoms with Gasteiger partial charge in [-0.25, -0.2) is 4.98 Å². The lowest BCUT2D eigenvalue weighted by molar-refractivity contribution is 0.0745. The van der Waals surface area contributed by atoms with E-state index >= 15 is 0 Å². The van der Waals surface area contributed by atoms with E-state index in [1.165, 1.54) is 0 Å². The standard InChI is InChI=1S/C14H18N4O2/c1-8-6-11(12-9(2)17-20-13(12)16-8)14(19)18(3)10-4-5-15-7-10/h6,10,15H,4-5,7H2,1-3H3. The van der Waals surface area contributed by atoms with Gasteiger partial charge in [-0.3, -0.25) is 4.79 Å². The topological polar surface area (TPSA) is 71.3 Å². The summed E-state index contributed by atoms with van der Waals surface area (Å²) in [6, 6.07) is 2.06. The van der Waals surface area contributed by atoms with Gasteiger partial charge in [-0.15, -0.1) is 0 Å². The molecule has 0 saturated carbocycles. The van der Waals surface area contributed by atoms with E-state index in [0.29, 0.717) is 17.0 Å². The van der Waals surface area contributed by atoms with Crippen molar-refractivity contribution < 1.29 is 9.32 Å². The molecule has 3 rings (SSSR count). The third-order valence-electron chi connectivity index (χ3n) is 3.88. The van der Waals surface area contributed by atoms with Crippen molar-refractivity contribution in [3.63, 3.8) is 0 Å². The van der Waals surface area contributed by atoms with Crippen LogP contribution in [0.3, 0.4) is 0 Å². The Morgan fingerprint density at radius 3 is 3.00 bits per heavy atom. The maximum atomic E-state index is 12.7. The maximum Gasteiger partial charge on any atom is 0.258 e. The number of hydrogen-bond donors (Lipinski definition) is 1. The monoisotopic (exact) mass is 274 g/mol. The van der Waals surface area contributed by atoms with Crippen molar-refractivity contribution in [3.8, 4) is 0 Å². The van der Waals surface area contributed by atoms with Crippen LogP contribution in [0.25, 0.3) is 11.1 Å². The molecule has 1 atom stereocenters. The minimum Gasteiger partial charge on any atom is -0.337 e. The molecule has 1 fully saturated rings. The van der Waals surface area contributed by atoms with Gasteiger partial charge in [0.05, 0.1) is 16.6 Å². The maximum absolute atomic E-state index is 12.7. The van der Waals surface area contributed by atoms with Gasteiger partial charge in [0.25, 0.3) is 11.6 Å². The van der Waals surface area contributed by atoms with Crippen molar-refractivity contribution in [2.45, 2.75) is 26.3 Å². The van der Waals surface area contributed by atoms with E-state index in [9.17, 15) is 4.79 Å². The minimum absolute atomic E-state index is 0.000463. The zero-order chi connectivity index (χ0) is 14.3. The smallest absolute Gasteiger partial charge is 0.258 e.